The van der Waals surface area contributed by atoms with Gasteiger partial charge in [0.15, 0.2) is 0 Å². The molecule has 2 heterocycles. The molecule has 3 rings (SSSR count). The maximum Gasteiger partial charge on any atom is 0.289 e. The van der Waals surface area contributed by atoms with E-state index < -0.39 is 0 Å². The topological polar surface area (TPSA) is 17.1 Å². The lowest BCUT2D eigenvalue weighted by molar-refractivity contribution is 0.514. The number of hydrogen-bond acceptors (Lipinski definition) is 5. The molecule has 1 aromatic heterocycles. The standard InChI is InChI=1S/C15H22OS4/c16-15-19-13-14(20-15)18-12-10-8-6-4-2-1-3-5-7-9-11(12)17-13/h11-12H,1-10H2/t11-,12+. The molecule has 2 aliphatic rings. The molecule has 0 bridgehead atoms. The van der Waals surface area contributed by atoms with Gasteiger partial charge in [0.05, 0.1) is 8.42 Å². The summed E-state index contributed by atoms with van der Waals surface area (Å²) >= 11 is 7.00. The number of fused-ring (bicyclic) bond motifs is 2. The molecule has 20 heavy (non-hydrogen) atoms. The van der Waals surface area contributed by atoms with Crippen LogP contribution in [0.3, 0.4) is 0 Å². The molecule has 112 valence electrons. The van der Waals surface area contributed by atoms with Crippen molar-refractivity contribution < 1.29 is 0 Å². The van der Waals surface area contributed by atoms with Gasteiger partial charge >= 0.3 is 0 Å². The number of thioether (sulfide) groups is 2. The molecule has 1 aromatic rings. The fourth-order valence-corrected chi connectivity index (χ4v) is 9.40. The van der Waals surface area contributed by atoms with Crippen molar-refractivity contribution in [2.45, 2.75) is 83.1 Å². The molecule has 0 radical (unpaired) electrons. The van der Waals surface area contributed by atoms with Crippen LogP contribution >= 0.6 is 46.2 Å². The Labute approximate surface area is 137 Å². The van der Waals surface area contributed by atoms with Gasteiger partial charge in [-0.15, -0.1) is 23.5 Å². The predicted octanol–water partition coefficient (Wildman–Crippen LogP) is 6.02. The summed E-state index contributed by atoms with van der Waals surface area (Å²) in [6, 6.07) is 0. The minimum Gasteiger partial charge on any atom is -0.265 e. The highest BCUT2D eigenvalue weighted by molar-refractivity contribution is 8.08. The lowest BCUT2D eigenvalue weighted by Crippen LogP contribution is -2.22. The Kier molecular flexibility index (Phi) is 5.95. The molecule has 2 atom stereocenters. The first kappa shape index (κ1) is 15.4. The summed E-state index contributed by atoms with van der Waals surface area (Å²) in [6.07, 6.45) is 14.0. The highest BCUT2D eigenvalue weighted by Gasteiger charge is 2.31. The molecule has 0 aromatic carbocycles. The smallest absolute Gasteiger partial charge is 0.265 e. The van der Waals surface area contributed by atoms with Gasteiger partial charge in [0.25, 0.3) is 4.06 Å². The molecule has 0 amide bonds. The van der Waals surface area contributed by atoms with Crippen LogP contribution in [0, 0.1) is 0 Å². The van der Waals surface area contributed by atoms with E-state index in [1.54, 1.807) is 0 Å². The summed E-state index contributed by atoms with van der Waals surface area (Å²) in [7, 11) is 0. The molecule has 0 unspecified atom stereocenters. The second-order valence-corrected chi connectivity index (χ2v) is 11.0. The van der Waals surface area contributed by atoms with Crippen LogP contribution in [0.2, 0.25) is 0 Å². The van der Waals surface area contributed by atoms with E-state index in [9.17, 15) is 4.79 Å². The van der Waals surface area contributed by atoms with Crippen molar-refractivity contribution in [2.24, 2.45) is 0 Å². The zero-order valence-electron chi connectivity index (χ0n) is 11.8. The first-order valence-corrected chi connectivity index (χ1v) is 11.2. The van der Waals surface area contributed by atoms with Crippen molar-refractivity contribution in [1.82, 2.24) is 0 Å². The van der Waals surface area contributed by atoms with Gasteiger partial charge in [-0.1, -0.05) is 74.0 Å². The second-order valence-electron chi connectivity index (χ2n) is 5.75. The highest BCUT2D eigenvalue weighted by Crippen LogP contribution is 2.51. The van der Waals surface area contributed by atoms with E-state index in [1.165, 1.54) is 95.3 Å². The Bertz CT molecular complexity index is 438. The van der Waals surface area contributed by atoms with Crippen molar-refractivity contribution in [3.63, 3.8) is 0 Å². The van der Waals surface area contributed by atoms with Gasteiger partial charge in [0.2, 0.25) is 0 Å². The summed E-state index contributed by atoms with van der Waals surface area (Å²) < 4.78 is 2.92. The summed E-state index contributed by atoms with van der Waals surface area (Å²) in [5, 5.41) is 1.49. The van der Waals surface area contributed by atoms with E-state index in [-0.39, 0.29) is 4.06 Å². The third-order valence-electron chi connectivity index (χ3n) is 4.18. The van der Waals surface area contributed by atoms with Crippen molar-refractivity contribution in [3.8, 4) is 0 Å². The van der Waals surface area contributed by atoms with E-state index in [4.69, 9.17) is 0 Å². The molecule has 0 saturated heterocycles. The lowest BCUT2D eigenvalue weighted by atomic mass is 10.0. The monoisotopic (exact) mass is 346 g/mol. The minimum absolute atomic E-state index is 0.285. The quantitative estimate of drug-likeness (QED) is 0.572. The van der Waals surface area contributed by atoms with E-state index in [2.05, 4.69) is 0 Å². The number of rotatable bonds is 0. The van der Waals surface area contributed by atoms with E-state index in [0.717, 1.165) is 10.5 Å². The van der Waals surface area contributed by atoms with Crippen LogP contribution in [0.15, 0.2) is 13.2 Å². The molecule has 0 N–H and O–H groups in total. The molecule has 1 saturated carbocycles. The van der Waals surface area contributed by atoms with Crippen LogP contribution in [0.4, 0.5) is 0 Å². The third-order valence-corrected chi connectivity index (χ3v) is 10.1. The Morgan fingerprint density at radius 1 is 0.650 bits per heavy atom. The van der Waals surface area contributed by atoms with E-state index in [1.807, 2.05) is 23.5 Å². The highest BCUT2D eigenvalue weighted by atomic mass is 32.2. The summed E-state index contributed by atoms with van der Waals surface area (Å²) in [4.78, 5) is 11.6. The SMILES string of the molecule is O=c1sc2c(s1)S[C@@H]1CCCCCCCCCC[C@@H]1S2. The first-order chi connectivity index (χ1) is 9.83. The van der Waals surface area contributed by atoms with Gasteiger partial charge in [0.1, 0.15) is 0 Å². The van der Waals surface area contributed by atoms with Crippen LogP contribution in [0.5, 0.6) is 0 Å². The average Bonchev–Trinajstić information content (AvgIpc) is 2.77. The van der Waals surface area contributed by atoms with Gasteiger partial charge in [0, 0.05) is 10.5 Å². The van der Waals surface area contributed by atoms with Crippen LogP contribution in [0.25, 0.3) is 0 Å². The Morgan fingerprint density at radius 2 is 1.05 bits per heavy atom. The van der Waals surface area contributed by atoms with Crippen molar-refractivity contribution in [1.29, 1.82) is 0 Å². The van der Waals surface area contributed by atoms with Gasteiger partial charge in [-0.3, -0.25) is 4.79 Å². The van der Waals surface area contributed by atoms with Gasteiger partial charge in [-0.25, -0.2) is 0 Å². The molecule has 1 nitrogen and oxygen atoms in total. The zero-order chi connectivity index (χ0) is 13.8. The van der Waals surface area contributed by atoms with E-state index >= 15 is 0 Å². The van der Waals surface area contributed by atoms with Crippen LogP contribution < -0.4 is 4.06 Å². The Hall–Kier alpha value is 0.550. The summed E-state index contributed by atoms with van der Waals surface area (Å²) in [6.45, 7) is 0. The Morgan fingerprint density at radius 3 is 1.50 bits per heavy atom. The first-order valence-electron chi connectivity index (χ1n) is 7.80. The summed E-state index contributed by atoms with van der Waals surface area (Å²) in [5.41, 5.74) is 0. The second kappa shape index (κ2) is 7.70. The lowest BCUT2D eigenvalue weighted by Gasteiger charge is -2.30. The molecule has 5 heteroatoms. The molecule has 1 fully saturated rings. The molecular formula is C15H22OS4. The fourth-order valence-electron chi connectivity index (χ4n) is 3.07. The zero-order valence-corrected chi connectivity index (χ0v) is 15.0. The molecular weight excluding hydrogens is 324 g/mol. The van der Waals surface area contributed by atoms with Gasteiger partial charge in [-0.05, 0) is 12.8 Å². The average molecular weight is 347 g/mol. The van der Waals surface area contributed by atoms with Gasteiger partial charge in [-0.2, -0.15) is 0 Å². The maximum absolute atomic E-state index is 11.6. The summed E-state index contributed by atoms with van der Waals surface area (Å²) in [5.74, 6) is 0. The van der Waals surface area contributed by atoms with Gasteiger partial charge < -0.3 is 0 Å². The van der Waals surface area contributed by atoms with Crippen LogP contribution in [0.1, 0.15) is 64.2 Å². The minimum atomic E-state index is 0.285. The Balaban J connectivity index is 1.69. The number of hydrogen-bond donors (Lipinski definition) is 0. The largest absolute Gasteiger partial charge is 0.289 e. The van der Waals surface area contributed by atoms with Crippen LogP contribution in [-0.4, -0.2) is 10.5 Å². The fraction of sp³-hybridized carbons (Fsp3) is 0.800. The van der Waals surface area contributed by atoms with E-state index in [0.29, 0.717) is 0 Å². The molecule has 0 spiro atoms. The maximum atomic E-state index is 11.6. The predicted molar refractivity (Wildman–Crippen MR) is 93.9 cm³/mol. The third kappa shape index (κ3) is 4.05. The molecule has 1 aliphatic carbocycles. The molecule has 1 aliphatic heterocycles. The normalized spacial score (nSPS) is 28.8. The van der Waals surface area contributed by atoms with Crippen molar-refractivity contribution in [3.05, 3.63) is 8.85 Å². The van der Waals surface area contributed by atoms with Crippen LogP contribution in [-0.2, 0) is 0 Å². The van der Waals surface area contributed by atoms with Crippen molar-refractivity contribution in [2.75, 3.05) is 0 Å². The van der Waals surface area contributed by atoms with Crippen molar-refractivity contribution >= 4 is 46.2 Å².